The van der Waals surface area contributed by atoms with Gasteiger partial charge in [-0.05, 0) is 17.9 Å². The second kappa shape index (κ2) is 7.13. The van der Waals surface area contributed by atoms with Crippen LogP contribution in [0.2, 0.25) is 0 Å². The van der Waals surface area contributed by atoms with Crippen molar-refractivity contribution in [2.45, 2.75) is 32.2 Å². The minimum Gasteiger partial charge on any atom is -0.506 e. The summed E-state index contributed by atoms with van der Waals surface area (Å²) in [5.74, 6) is -0.303. The molecule has 1 unspecified atom stereocenters. The van der Waals surface area contributed by atoms with E-state index in [0.717, 1.165) is 18.2 Å². The molecular weight excluding hydrogens is 316 g/mol. The number of unbranched alkanes of at least 4 members (excludes halogenated alkanes) is 1. The monoisotopic (exact) mass is 340 g/mol. The van der Waals surface area contributed by atoms with Gasteiger partial charge in [0.2, 0.25) is 5.91 Å². The molecule has 5 nitrogen and oxygen atoms in total. The normalized spacial score (nSPS) is 18.0. The van der Waals surface area contributed by atoms with Crippen molar-refractivity contribution in [2.24, 2.45) is 0 Å². The van der Waals surface area contributed by atoms with Crippen LogP contribution in [0.25, 0.3) is 10.8 Å². The van der Waals surface area contributed by atoms with Crippen molar-refractivity contribution < 1.29 is 14.7 Å². The Kier molecular flexibility index (Phi) is 4.93. The van der Waals surface area contributed by atoms with Gasteiger partial charge in [-0.3, -0.25) is 9.59 Å². The van der Waals surface area contributed by atoms with E-state index in [1.54, 1.807) is 29.0 Å². The molecule has 0 spiro atoms. The summed E-state index contributed by atoms with van der Waals surface area (Å²) in [5, 5.41) is 12.1. The van der Waals surface area contributed by atoms with E-state index in [1.165, 1.54) is 0 Å². The van der Waals surface area contributed by atoms with Crippen LogP contribution in [0.5, 0.6) is 5.75 Å². The summed E-state index contributed by atoms with van der Waals surface area (Å²) in [4.78, 5) is 28.9. The number of carbonyl (C=O) groups is 2. The van der Waals surface area contributed by atoms with Crippen molar-refractivity contribution in [3.05, 3.63) is 42.0 Å². The number of piperazine rings is 1. The summed E-state index contributed by atoms with van der Waals surface area (Å²) in [6.07, 6.45) is 2.51. The molecule has 2 aromatic rings. The fourth-order valence-electron chi connectivity index (χ4n) is 3.41. The number of rotatable bonds is 4. The molecule has 5 heteroatoms. The number of amides is 2. The first-order valence-electron chi connectivity index (χ1n) is 8.81. The fourth-order valence-corrected chi connectivity index (χ4v) is 3.41. The second-order valence-electron chi connectivity index (χ2n) is 6.60. The van der Waals surface area contributed by atoms with E-state index in [-0.39, 0.29) is 23.1 Å². The highest BCUT2D eigenvalue weighted by atomic mass is 16.3. The van der Waals surface area contributed by atoms with Crippen molar-refractivity contribution in [3.8, 4) is 5.75 Å². The zero-order chi connectivity index (χ0) is 18.0. The van der Waals surface area contributed by atoms with E-state index in [1.807, 2.05) is 24.3 Å². The standard InChI is InChI=1S/C20H24N2O3/c1-3-4-9-17-20(25)21(2)12-13-22(17)19(24)16-11-10-14-7-5-6-8-15(14)18(16)23/h5-8,10-11,17,23H,3-4,9,12-13H2,1-2H3. The topological polar surface area (TPSA) is 60.9 Å². The van der Waals surface area contributed by atoms with Crippen LogP contribution in [-0.2, 0) is 4.79 Å². The third-order valence-electron chi connectivity index (χ3n) is 4.94. The summed E-state index contributed by atoms with van der Waals surface area (Å²) >= 11 is 0. The van der Waals surface area contributed by atoms with E-state index in [4.69, 9.17) is 0 Å². The van der Waals surface area contributed by atoms with Crippen LogP contribution in [0.15, 0.2) is 36.4 Å². The fraction of sp³-hybridized carbons (Fsp3) is 0.400. The van der Waals surface area contributed by atoms with Crippen molar-refractivity contribution in [2.75, 3.05) is 20.1 Å². The quantitative estimate of drug-likeness (QED) is 0.931. The molecule has 3 rings (SSSR count). The van der Waals surface area contributed by atoms with Crippen molar-refractivity contribution in [1.29, 1.82) is 0 Å². The Balaban J connectivity index is 1.95. The minimum atomic E-state index is -0.447. The third kappa shape index (κ3) is 3.18. The summed E-state index contributed by atoms with van der Waals surface area (Å²) in [6, 6.07) is 10.5. The molecule has 0 aliphatic carbocycles. The smallest absolute Gasteiger partial charge is 0.258 e. The first-order valence-corrected chi connectivity index (χ1v) is 8.81. The number of nitrogens with zero attached hydrogens (tertiary/aromatic N) is 2. The molecule has 1 aliphatic heterocycles. The molecule has 1 saturated heterocycles. The summed E-state index contributed by atoms with van der Waals surface area (Å²) in [6.45, 7) is 3.07. The number of phenolic OH excluding ortho intramolecular Hbond substituents is 1. The van der Waals surface area contributed by atoms with Gasteiger partial charge in [-0.1, -0.05) is 50.1 Å². The number of phenols is 1. The molecule has 0 aromatic heterocycles. The highest BCUT2D eigenvalue weighted by Crippen LogP contribution is 2.30. The molecule has 0 saturated carbocycles. The number of benzene rings is 2. The van der Waals surface area contributed by atoms with Gasteiger partial charge in [0.05, 0.1) is 5.56 Å². The average Bonchev–Trinajstić information content (AvgIpc) is 2.63. The lowest BCUT2D eigenvalue weighted by Gasteiger charge is -2.39. The Hall–Kier alpha value is -2.56. The lowest BCUT2D eigenvalue weighted by atomic mass is 10.0. The molecule has 1 fully saturated rings. The predicted molar refractivity (Wildman–Crippen MR) is 97.6 cm³/mol. The van der Waals surface area contributed by atoms with E-state index in [0.29, 0.717) is 24.9 Å². The van der Waals surface area contributed by atoms with Crippen LogP contribution in [0, 0.1) is 0 Å². The minimum absolute atomic E-state index is 0.0104. The lowest BCUT2D eigenvalue weighted by Crippen LogP contribution is -2.57. The van der Waals surface area contributed by atoms with Gasteiger partial charge in [-0.15, -0.1) is 0 Å². The van der Waals surface area contributed by atoms with Crippen LogP contribution in [0.1, 0.15) is 36.5 Å². The Labute approximate surface area is 147 Å². The Morgan fingerprint density at radius 1 is 1.20 bits per heavy atom. The number of hydrogen-bond acceptors (Lipinski definition) is 3. The van der Waals surface area contributed by atoms with Gasteiger partial charge in [0.1, 0.15) is 11.8 Å². The van der Waals surface area contributed by atoms with E-state index >= 15 is 0 Å². The number of carbonyl (C=O) groups excluding carboxylic acids is 2. The number of hydrogen-bond donors (Lipinski definition) is 1. The Morgan fingerprint density at radius 2 is 1.96 bits per heavy atom. The molecule has 132 valence electrons. The number of likely N-dealkylation sites (N-methyl/N-ethyl adjacent to an activating group) is 1. The zero-order valence-corrected chi connectivity index (χ0v) is 14.7. The maximum atomic E-state index is 13.1. The Morgan fingerprint density at radius 3 is 2.72 bits per heavy atom. The van der Waals surface area contributed by atoms with Gasteiger partial charge < -0.3 is 14.9 Å². The van der Waals surface area contributed by atoms with Gasteiger partial charge in [0.15, 0.2) is 0 Å². The van der Waals surface area contributed by atoms with Gasteiger partial charge in [0.25, 0.3) is 5.91 Å². The predicted octanol–water partition coefficient (Wildman–Crippen LogP) is 3.02. The molecule has 0 radical (unpaired) electrons. The molecule has 1 aliphatic rings. The van der Waals surface area contributed by atoms with Crippen LogP contribution in [0.4, 0.5) is 0 Å². The summed E-state index contributed by atoms with van der Waals surface area (Å²) in [5.41, 5.74) is 0.262. The maximum absolute atomic E-state index is 13.1. The molecular formula is C20H24N2O3. The van der Waals surface area contributed by atoms with Crippen LogP contribution < -0.4 is 0 Å². The first kappa shape index (κ1) is 17.3. The van der Waals surface area contributed by atoms with Gasteiger partial charge in [-0.25, -0.2) is 0 Å². The number of fused-ring (bicyclic) bond motifs is 1. The summed E-state index contributed by atoms with van der Waals surface area (Å²) in [7, 11) is 1.77. The van der Waals surface area contributed by atoms with Gasteiger partial charge >= 0.3 is 0 Å². The summed E-state index contributed by atoms with van der Waals surface area (Å²) < 4.78 is 0. The first-order chi connectivity index (χ1) is 12.0. The third-order valence-corrected chi connectivity index (χ3v) is 4.94. The van der Waals surface area contributed by atoms with Gasteiger partial charge in [-0.2, -0.15) is 0 Å². The zero-order valence-electron chi connectivity index (χ0n) is 14.7. The lowest BCUT2D eigenvalue weighted by molar-refractivity contribution is -0.138. The van der Waals surface area contributed by atoms with E-state index < -0.39 is 6.04 Å². The van der Waals surface area contributed by atoms with Crippen LogP contribution in [0.3, 0.4) is 0 Å². The number of aromatic hydroxyl groups is 1. The van der Waals surface area contributed by atoms with Crippen molar-refractivity contribution in [3.63, 3.8) is 0 Å². The van der Waals surface area contributed by atoms with Crippen LogP contribution >= 0.6 is 0 Å². The van der Waals surface area contributed by atoms with Crippen molar-refractivity contribution >= 4 is 22.6 Å². The molecule has 2 amide bonds. The van der Waals surface area contributed by atoms with E-state index in [9.17, 15) is 14.7 Å². The molecule has 2 aromatic carbocycles. The second-order valence-corrected chi connectivity index (χ2v) is 6.60. The molecule has 1 atom stereocenters. The molecule has 1 heterocycles. The SMILES string of the molecule is CCCCC1C(=O)N(C)CCN1C(=O)c1ccc2ccccc2c1O. The highest BCUT2D eigenvalue weighted by Gasteiger charge is 2.36. The van der Waals surface area contributed by atoms with Gasteiger partial charge in [0, 0.05) is 25.5 Å². The highest BCUT2D eigenvalue weighted by molar-refractivity contribution is 6.05. The maximum Gasteiger partial charge on any atom is 0.258 e. The van der Waals surface area contributed by atoms with E-state index in [2.05, 4.69) is 6.92 Å². The van der Waals surface area contributed by atoms with Crippen molar-refractivity contribution in [1.82, 2.24) is 9.80 Å². The molecule has 1 N–H and O–H groups in total. The average molecular weight is 340 g/mol. The molecule has 25 heavy (non-hydrogen) atoms. The Bertz CT molecular complexity index is 803. The van der Waals surface area contributed by atoms with Crippen LogP contribution in [-0.4, -0.2) is 52.9 Å². The largest absolute Gasteiger partial charge is 0.506 e. The molecule has 0 bridgehead atoms.